The van der Waals surface area contributed by atoms with Gasteiger partial charge in [-0.05, 0) is 44.2 Å². The summed E-state index contributed by atoms with van der Waals surface area (Å²) in [5.41, 5.74) is 1.90. The zero-order valence-electron chi connectivity index (χ0n) is 20.9. The van der Waals surface area contributed by atoms with E-state index in [9.17, 15) is 5.26 Å². The highest BCUT2D eigenvalue weighted by Crippen LogP contribution is 2.40. The molecule has 2 aliphatic rings. The molecule has 4 aromatic heterocycles. The Morgan fingerprint density at radius 1 is 1.08 bits per heavy atom. The zero-order valence-corrected chi connectivity index (χ0v) is 20.9. The summed E-state index contributed by atoms with van der Waals surface area (Å²) < 4.78 is 7.60. The molecular formula is C25H30N10O. The molecule has 11 nitrogen and oxygen atoms in total. The van der Waals surface area contributed by atoms with Crippen LogP contribution in [0.15, 0.2) is 23.0 Å². The molecule has 1 aliphatic heterocycles. The lowest BCUT2D eigenvalue weighted by atomic mass is 9.98. The van der Waals surface area contributed by atoms with Crippen LogP contribution in [0.5, 0.6) is 0 Å². The number of hydrogen-bond acceptors (Lipinski definition) is 10. The Morgan fingerprint density at radius 2 is 1.92 bits per heavy atom. The Labute approximate surface area is 209 Å². The van der Waals surface area contributed by atoms with Crippen LogP contribution in [-0.4, -0.2) is 64.8 Å². The minimum absolute atomic E-state index is 0.0816. The SMILES string of the molecule is CC[C@H]1CN([C@H](CC)c2nc(C3CC3)no2)[C@H](CC)CN1c1nc2nncn2c2ccc(C#N)nc12. The molecule has 1 aliphatic carbocycles. The van der Waals surface area contributed by atoms with Gasteiger partial charge in [-0.25, -0.2) is 4.98 Å². The molecule has 0 aromatic carbocycles. The molecule has 36 heavy (non-hydrogen) atoms. The van der Waals surface area contributed by atoms with E-state index >= 15 is 0 Å². The van der Waals surface area contributed by atoms with Crippen molar-refractivity contribution in [2.24, 2.45) is 0 Å². The van der Waals surface area contributed by atoms with Gasteiger partial charge < -0.3 is 9.42 Å². The number of nitriles is 1. The summed E-state index contributed by atoms with van der Waals surface area (Å²) >= 11 is 0. The van der Waals surface area contributed by atoms with Gasteiger partial charge in [-0.15, -0.1) is 10.2 Å². The number of nitrogens with zero attached hydrogens (tertiary/aromatic N) is 10. The predicted octanol–water partition coefficient (Wildman–Crippen LogP) is 3.64. The van der Waals surface area contributed by atoms with Gasteiger partial charge in [-0.1, -0.05) is 25.9 Å². The third-order valence-electron chi connectivity index (χ3n) is 7.62. The summed E-state index contributed by atoms with van der Waals surface area (Å²) in [5, 5.41) is 22.1. The molecule has 2 fully saturated rings. The molecule has 3 atom stereocenters. The summed E-state index contributed by atoms with van der Waals surface area (Å²) in [6.45, 7) is 8.23. The number of hydrogen-bond donors (Lipinski definition) is 0. The quantitative estimate of drug-likeness (QED) is 0.382. The topological polar surface area (TPSA) is 125 Å². The number of pyridine rings is 1. The van der Waals surface area contributed by atoms with Gasteiger partial charge in [0.15, 0.2) is 11.6 Å². The minimum atomic E-state index is 0.0816. The molecule has 0 radical (unpaired) electrons. The molecule has 1 saturated heterocycles. The van der Waals surface area contributed by atoms with Gasteiger partial charge in [0.1, 0.15) is 23.6 Å². The summed E-state index contributed by atoms with van der Waals surface area (Å²) in [6.07, 6.45) is 6.75. The van der Waals surface area contributed by atoms with Crippen molar-refractivity contribution in [3.05, 3.63) is 35.9 Å². The van der Waals surface area contributed by atoms with Crippen molar-refractivity contribution in [1.82, 2.24) is 39.6 Å². The van der Waals surface area contributed by atoms with Crippen molar-refractivity contribution in [1.29, 1.82) is 5.26 Å². The molecule has 6 rings (SSSR count). The zero-order chi connectivity index (χ0) is 24.8. The summed E-state index contributed by atoms with van der Waals surface area (Å²) in [4.78, 5) is 19.3. The highest BCUT2D eigenvalue weighted by Gasteiger charge is 2.40. The summed E-state index contributed by atoms with van der Waals surface area (Å²) in [7, 11) is 0. The van der Waals surface area contributed by atoms with E-state index in [4.69, 9.17) is 14.5 Å². The average molecular weight is 487 g/mol. The number of piperazine rings is 1. The summed E-state index contributed by atoms with van der Waals surface area (Å²) in [6, 6.07) is 6.33. The molecule has 0 unspecified atom stereocenters. The molecule has 5 heterocycles. The first-order valence-corrected chi connectivity index (χ1v) is 12.9. The second-order valence-electron chi connectivity index (χ2n) is 9.77. The fourth-order valence-corrected chi connectivity index (χ4v) is 5.46. The summed E-state index contributed by atoms with van der Waals surface area (Å²) in [5.74, 6) is 3.35. The average Bonchev–Trinajstić information content (AvgIpc) is 3.45. The van der Waals surface area contributed by atoms with Gasteiger partial charge in [-0.3, -0.25) is 9.30 Å². The van der Waals surface area contributed by atoms with Crippen LogP contribution in [0.3, 0.4) is 0 Å². The lowest BCUT2D eigenvalue weighted by molar-refractivity contribution is 0.0713. The molecule has 186 valence electrons. The van der Waals surface area contributed by atoms with Crippen LogP contribution in [0.1, 0.15) is 82.2 Å². The normalized spacial score (nSPS) is 21.8. The molecule has 4 aromatic rings. The van der Waals surface area contributed by atoms with Crippen LogP contribution in [0.4, 0.5) is 5.82 Å². The standard InChI is InChI=1S/C25H30N10O/c1-4-17-13-34(23-21-20(10-9-16(11-26)28-21)35-14-27-31-25(35)30-23)18(5-2)12-33(17)19(6-3)24-29-22(32-36-24)15-7-8-15/h9-10,14-15,17-19H,4-8,12-13H2,1-3H3/t17-,18+,19-/m1/s1. The van der Waals surface area contributed by atoms with Crippen molar-refractivity contribution in [2.75, 3.05) is 18.0 Å². The highest BCUT2D eigenvalue weighted by molar-refractivity contribution is 5.88. The van der Waals surface area contributed by atoms with E-state index < -0.39 is 0 Å². The monoisotopic (exact) mass is 486 g/mol. The molecular weight excluding hydrogens is 456 g/mol. The van der Waals surface area contributed by atoms with Gasteiger partial charge in [0.05, 0.1) is 11.6 Å². The Hall–Kier alpha value is -3.65. The van der Waals surface area contributed by atoms with E-state index in [2.05, 4.69) is 57.0 Å². The third kappa shape index (κ3) is 3.76. The van der Waals surface area contributed by atoms with Gasteiger partial charge in [0.25, 0.3) is 5.78 Å². The largest absolute Gasteiger partial charge is 0.349 e. The maximum Gasteiger partial charge on any atom is 0.257 e. The molecule has 0 spiro atoms. The van der Waals surface area contributed by atoms with Crippen LogP contribution in [-0.2, 0) is 0 Å². The van der Waals surface area contributed by atoms with Crippen LogP contribution < -0.4 is 4.90 Å². The second kappa shape index (κ2) is 9.09. The number of aromatic nitrogens is 7. The Kier molecular flexibility index (Phi) is 5.76. The molecule has 1 saturated carbocycles. The van der Waals surface area contributed by atoms with Crippen LogP contribution >= 0.6 is 0 Å². The number of rotatable bonds is 7. The molecule has 0 N–H and O–H groups in total. The number of anilines is 1. The Balaban J connectivity index is 1.39. The molecule has 11 heteroatoms. The Morgan fingerprint density at radius 3 is 2.64 bits per heavy atom. The fraction of sp³-hybridized carbons (Fsp3) is 0.560. The van der Waals surface area contributed by atoms with Gasteiger partial charge in [0, 0.05) is 31.1 Å². The fourth-order valence-electron chi connectivity index (χ4n) is 5.46. The minimum Gasteiger partial charge on any atom is -0.349 e. The van der Waals surface area contributed by atoms with Crippen molar-refractivity contribution >= 4 is 22.6 Å². The third-order valence-corrected chi connectivity index (χ3v) is 7.62. The van der Waals surface area contributed by atoms with Crippen LogP contribution in [0, 0.1) is 11.3 Å². The van der Waals surface area contributed by atoms with E-state index in [-0.39, 0.29) is 18.1 Å². The maximum absolute atomic E-state index is 9.52. The van der Waals surface area contributed by atoms with Crippen molar-refractivity contribution in [2.45, 2.75) is 76.9 Å². The van der Waals surface area contributed by atoms with Crippen LogP contribution in [0.2, 0.25) is 0 Å². The van der Waals surface area contributed by atoms with Gasteiger partial charge in [-0.2, -0.15) is 15.2 Å². The van der Waals surface area contributed by atoms with Gasteiger partial charge >= 0.3 is 0 Å². The lowest BCUT2D eigenvalue weighted by Gasteiger charge is -2.48. The first kappa shape index (κ1) is 22.8. The van der Waals surface area contributed by atoms with Crippen molar-refractivity contribution < 1.29 is 4.52 Å². The van der Waals surface area contributed by atoms with E-state index in [0.29, 0.717) is 22.9 Å². The van der Waals surface area contributed by atoms with Crippen molar-refractivity contribution in [3.63, 3.8) is 0 Å². The van der Waals surface area contributed by atoms with Gasteiger partial charge in [0.2, 0.25) is 5.89 Å². The highest BCUT2D eigenvalue weighted by atomic mass is 16.5. The van der Waals surface area contributed by atoms with E-state index in [1.807, 2.05) is 10.5 Å². The van der Waals surface area contributed by atoms with E-state index in [0.717, 1.165) is 68.2 Å². The first-order valence-electron chi connectivity index (χ1n) is 12.9. The lowest BCUT2D eigenvalue weighted by Crippen LogP contribution is -2.59. The number of fused-ring (bicyclic) bond motifs is 3. The molecule has 0 bridgehead atoms. The smallest absolute Gasteiger partial charge is 0.257 e. The van der Waals surface area contributed by atoms with Crippen molar-refractivity contribution in [3.8, 4) is 6.07 Å². The van der Waals surface area contributed by atoms with E-state index in [1.54, 1.807) is 12.4 Å². The molecule has 0 amide bonds. The van der Waals surface area contributed by atoms with Crippen LogP contribution in [0.25, 0.3) is 16.8 Å². The Bertz CT molecular complexity index is 1430. The van der Waals surface area contributed by atoms with E-state index in [1.165, 1.54) is 0 Å². The maximum atomic E-state index is 9.52. The second-order valence-corrected chi connectivity index (χ2v) is 9.77. The first-order chi connectivity index (χ1) is 17.6. The predicted molar refractivity (Wildman–Crippen MR) is 132 cm³/mol.